The van der Waals surface area contributed by atoms with Gasteiger partial charge >= 0.3 is 0 Å². The predicted octanol–water partition coefficient (Wildman–Crippen LogP) is -1.61. The standard InChI is InChI=1S/C5H9FO4/c6-3-4(8)2(1-7)10-5(3)9/h2-5,7-9H,1H2/t2-,3-,4-,5?/m0/s1. The van der Waals surface area contributed by atoms with Crippen LogP contribution in [0.2, 0.25) is 0 Å². The van der Waals surface area contributed by atoms with Crippen LogP contribution >= 0.6 is 0 Å². The largest absolute Gasteiger partial charge is 0.394 e. The summed E-state index contributed by atoms with van der Waals surface area (Å²) in [5, 5.41) is 25.8. The number of halogens is 1. The van der Waals surface area contributed by atoms with Crippen molar-refractivity contribution in [1.82, 2.24) is 0 Å². The molecule has 1 aliphatic heterocycles. The first kappa shape index (κ1) is 7.87. The molecule has 4 atom stereocenters. The summed E-state index contributed by atoms with van der Waals surface area (Å²) >= 11 is 0. The van der Waals surface area contributed by atoms with Crippen molar-refractivity contribution in [1.29, 1.82) is 0 Å². The molecule has 5 heteroatoms. The lowest BCUT2D eigenvalue weighted by Gasteiger charge is -2.08. The van der Waals surface area contributed by atoms with E-state index in [2.05, 4.69) is 4.74 Å². The van der Waals surface area contributed by atoms with Gasteiger partial charge in [-0.3, -0.25) is 0 Å². The van der Waals surface area contributed by atoms with Gasteiger partial charge in [-0.15, -0.1) is 0 Å². The second kappa shape index (κ2) is 2.79. The van der Waals surface area contributed by atoms with Crippen molar-refractivity contribution < 1.29 is 24.4 Å². The predicted molar refractivity (Wildman–Crippen MR) is 28.9 cm³/mol. The molecule has 1 heterocycles. The second-order valence-electron chi connectivity index (χ2n) is 2.18. The number of hydrogen-bond donors (Lipinski definition) is 3. The summed E-state index contributed by atoms with van der Waals surface area (Å²) in [4.78, 5) is 0. The highest BCUT2D eigenvalue weighted by Gasteiger charge is 2.42. The molecule has 1 aliphatic rings. The smallest absolute Gasteiger partial charge is 0.189 e. The van der Waals surface area contributed by atoms with Crippen molar-refractivity contribution in [3.05, 3.63) is 0 Å². The van der Waals surface area contributed by atoms with Crippen LogP contribution in [0.4, 0.5) is 4.39 Å². The van der Waals surface area contributed by atoms with Gasteiger partial charge < -0.3 is 20.1 Å². The fraction of sp³-hybridized carbons (Fsp3) is 1.00. The van der Waals surface area contributed by atoms with Gasteiger partial charge in [-0.05, 0) is 0 Å². The van der Waals surface area contributed by atoms with Gasteiger partial charge in [0.2, 0.25) is 0 Å². The number of ether oxygens (including phenoxy) is 1. The Bertz CT molecular complexity index is 120. The summed E-state index contributed by atoms with van der Waals surface area (Å²) in [6, 6.07) is 0. The van der Waals surface area contributed by atoms with Gasteiger partial charge in [0, 0.05) is 0 Å². The zero-order valence-corrected chi connectivity index (χ0v) is 5.14. The van der Waals surface area contributed by atoms with E-state index in [1.54, 1.807) is 0 Å². The summed E-state index contributed by atoms with van der Waals surface area (Å²) in [7, 11) is 0. The Balaban J connectivity index is 2.53. The van der Waals surface area contributed by atoms with Crippen LogP contribution in [0.5, 0.6) is 0 Å². The third-order valence-corrected chi connectivity index (χ3v) is 1.47. The first-order valence-electron chi connectivity index (χ1n) is 2.93. The van der Waals surface area contributed by atoms with E-state index in [4.69, 9.17) is 15.3 Å². The summed E-state index contributed by atoms with van der Waals surface area (Å²) in [6.45, 7) is -0.487. The number of alkyl halides is 1. The molecule has 3 N–H and O–H groups in total. The first-order chi connectivity index (χ1) is 4.66. The van der Waals surface area contributed by atoms with Crippen molar-refractivity contribution in [2.24, 2.45) is 0 Å². The topological polar surface area (TPSA) is 69.9 Å². The lowest BCUT2D eigenvalue weighted by Crippen LogP contribution is -2.30. The Labute approximate surface area is 56.9 Å². The maximum atomic E-state index is 12.4. The highest BCUT2D eigenvalue weighted by atomic mass is 19.1. The molecule has 60 valence electrons. The minimum absolute atomic E-state index is 0.487. The first-order valence-corrected chi connectivity index (χ1v) is 2.93. The minimum atomic E-state index is -1.81. The van der Waals surface area contributed by atoms with E-state index < -0.39 is 31.3 Å². The second-order valence-corrected chi connectivity index (χ2v) is 2.18. The Morgan fingerprint density at radius 2 is 2.00 bits per heavy atom. The molecule has 0 aromatic heterocycles. The van der Waals surface area contributed by atoms with E-state index in [-0.39, 0.29) is 0 Å². The van der Waals surface area contributed by atoms with E-state index in [0.29, 0.717) is 0 Å². The van der Waals surface area contributed by atoms with Crippen molar-refractivity contribution in [2.75, 3.05) is 6.61 Å². The number of aliphatic hydroxyl groups excluding tert-OH is 3. The molecule has 0 aromatic carbocycles. The third kappa shape index (κ3) is 1.13. The third-order valence-electron chi connectivity index (χ3n) is 1.47. The zero-order valence-electron chi connectivity index (χ0n) is 5.14. The van der Waals surface area contributed by atoms with Crippen LogP contribution in [0.1, 0.15) is 0 Å². The van der Waals surface area contributed by atoms with Gasteiger partial charge in [-0.1, -0.05) is 0 Å². The molecule has 4 nitrogen and oxygen atoms in total. The normalized spacial score (nSPS) is 48.0. The average molecular weight is 152 g/mol. The van der Waals surface area contributed by atoms with E-state index in [0.717, 1.165) is 0 Å². The highest BCUT2D eigenvalue weighted by Crippen LogP contribution is 2.21. The molecule has 0 aromatic rings. The number of aliphatic hydroxyl groups is 3. The molecule has 1 fully saturated rings. The van der Waals surface area contributed by atoms with Crippen LogP contribution in [-0.4, -0.2) is 46.6 Å². The molecule has 1 rings (SSSR count). The summed E-state index contributed by atoms with van der Waals surface area (Å²) in [5.74, 6) is 0. The molecule has 0 bridgehead atoms. The lowest BCUT2D eigenvalue weighted by atomic mass is 10.2. The molecule has 0 amide bonds. The monoisotopic (exact) mass is 152 g/mol. The fourth-order valence-electron chi connectivity index (χ4n) is 0.859. The van der Waals surface area contributed by atoms with Gasteiger partial charge in [-0.2, -0.15) is 0 Å². The van der Waals surface area contributed by atoms with E-state index >= 15 is 0 Å². The molecular weight excluding hydrogens is 143 g/mol. The van der Waals surface area contributed by atoms with E-state index in [9.17, 15) is 4.39 Å². The summed E-state index contributed by atoms with van der Waals surface area (Å²) in [5.41, 5.74) is 0. The van der Waals surface area contributed by atoms with Gasteiger partial charge in [-0.25, -0.2) is 4.39 Å². The van der Waals surface area contributed by atoms with Crippen molar-refractivity contribution in [3.63, 3.8) is 0 Å². The molecule has 0 saturated carbocycles. The molecule has 0 radical (unpaired) electrons. The van der Waals surface area contributed by atoms with Crippen LogP contribution in [0.3, 0.4) is 0 Å². The lowest BCUT2D eigenvalue weighted by molar-refractivity contribution is -0.121. The Morgan fingerprint density at radius 3 is 2.20 bits per heavy atom. The van der Waals surface area contributed by atoms with E-state index in [1.165, 1.54) is 0 Å². The maximum absolute atomic E-state index is 12.4. The van der Waals surface area contributed by atoms with Crippen LogP contribution in [0, 0.1) is 0 Å². The van der Waals surface area contributed by atoms with Crippen molar-refractivity contribution in [3.8, 4) is 0 Å². The van der Waals surface area contributed by atoms with Gasteiger partial charge in [0.1, 0.15) is 12.2 Å². The van der Waals surface area contributed by atoms with Crippen LogP contribution in [0.25, 0.3) is 0 Å². The maximum Gasteiger partial charge on any atom is 0.189 e. The average Bonchev–Trinajstić information content (AvgIpc) is 2.17. The Morgan fingerprint density at radius 1 is 1.40 bits per heavy atom. The van der Waals surface area contributed by atoms with Gasteiger partial charge in [0.15, 0.2) is 12.5 Å². The van der Waals surface area contributed by atoms with Crippen LogP contribution in [0.15, 0.2) is 0 Å². The molecule has 1 unspecified atom stereocenters. The molecule has 10 heavy (non-hydrogen) atoms. The van der Waals surface area contributed by atoms with E-state index in [1.807, 2.05) is 0 Å². The Hall–Kier alpha value is -0.230. The number of hydrogen-bond acceptors (Lipinski definition) is 4. The quantitative estimate of drug-likeness (QED) is 0.423. The van der Waals surface area contributed by atoms with Crippen LogP contribution in [-0.2, 0) is 4.74 Å². The molecule has 1 saturated heterocycles. The highest BCUT2D eigenvalue weighted by molar-refractivity contribution is 4.85. The number of rotatable bonds is 1. The minimum Gasteiger partial charge on any atom is -0.394 e. The molecule has 0 spiro atoms. The van der Waals surface area contributed by atoms with Gasteiger partial charge in [0.25, 0.3) is 0 Å². The molecular formula is C5H9FO4. The fourth-order valence-corrected chi connectivity index (χ4v) is 0.859. The Kier molecular flexibility index (Phi) is 2.20. The summed E-state index contributed by atoms with van der Waals surface area (Å²) in [6.07, 6.45) is -5.82. The summed E-state index contributed by atoms with van der Waals surface area (Å²) < 4.78 is 16.8. The van der Waals surface area contributed by atoms with Crippen molar-refractivity contribution in [2.45, 2.75) is 24.7 Å². The van der Waals surface area contributed by atoms with Crippen molar-refractivity contribution >= 4 is 0 Å². The zero-order chi connectivity index (χ0) is 7.72. The SMILES string of the molecule is OC[C@@H]1OC(O)[C@@H](F)[C@H]1O. The van der Waals surface area contributed by atoms with Gasteiger partial charge in [0.05, 0.1) is 6.61 Å². The van der Waals surface area contributed by atoms with Crippen LogP contribution < -0.4 is 0 Å². The molecule has 0 aliphatic carbocycles.